The van der Waals surface area contributed by atoms with Crippen LogP contribution in [0.2, 0.25) is 0 Å². The number of carbonyl (C=O) groups is 1. The molecule has 3 rings (SSSR count). The Morgan fingerprint density at radius 2 is 2.14 bits per heavy atom. The highest BCUT2D eigenvalue weighted by molar-refractivity contribution is 5.86. The van der Waals surface area contributed by atoms with Gasteiger partial charge in [-0.05, 0) is 37.9 Å². The molecule has 150 valence electrons. The van der Waals surface area contributed by atoms with Gasteiger partial charge in [0.2, 0.25) is 5.91 Å². The molecule has 1 aliphatic heterocycles. The largest absolute Gasteiger partial charge is 0.369 e. The third kappa shape index (κ3) is 4.28. The Balaban J connectivity index is 1.74. The van der Waals surface area contributed by atoms with E-state index in [4.69, 9.17) is 0 Å². The molecular weight excluding hydrogens is 364 g/mol. The zero-order chi connectivity index (χ0) is 20.3. The van der Waals surface area contributed by atoms with Gasteiger partial charge in [0.15, 0.2) is 0 Å². The van der Waals surface area contributed by atoms with Gasteiger partial charge in [0, 0.05) is 26.7 Å². The number of hydrogen-bond donors (Lipinski definition) is 2. The molecule has 0 radical (unpaired) electrons. The summed E-state index contributed by atoms with van der Waals surface area (Å²) in [6, 6.07) is 2.89. The van der Waals surface area contributed by atoms with Gasteiger partial charge in [0.25, 0.3) is 11.2 Å². The van der Waals surface area contributed by atoms with Crippen LogP contribution in [0.3, 0.4) is 0 Å². The number of H-pyrrole nitrogens is 1. The summed E-state index contributed by atoms with van der Waals surface area (Å²) in [5, 5.41) is 14.4. The molecule has 1 aliphatic rings. The monoisotopic (exact) mass is 388 g/mol. The smallest absolute Gasteiger partial charge is 0.293 e. The molecule has 10 nitrogen and oxygen atoms in total. The number of nitrogens with zero attached hydrogens (tertiary/aromatic N) is 4. The molecule has 1 amide bonds. The quantitative estimate of drug-likeness (QED) is 0.552. The number of anilines is 1. The number of carbonyl (C=O) groups excluding carboxylic acids is 1. The van der Waals surface area contributed by atoms with E-state index in [1.807, 2.05) is 11.9 Å². The normalized spacial score (nSPS) is 15.5. The highest BCUT2D eigenvalue weighted by Gasteiger charge is 2.25. The maximum Gasteiger partial charge on any atom is 0.293 e. The molecule has 1 aromatic carbocycles. The Kier molecular flexibility index (Phi) is 5.88. The molecule has 0 bridgehead atoms. The van der Waals surface area contributed by atoms with Crippen LogP contribution in [0.4, 0.5) is 11.4 Å². The Morgan fingerprint density at radius 3 is 2.79 bits per heavy atom. The van der Waals surface area contributed by atoms with E-state index in [1.165, 1.54) is 12.4 Å². The number of aromatic amines is 1. The summed E-state index contributed by atoms with van der Waals surface area (Å²) in [4.78, 5) is 45.0. The number of rotatable bonds is 6. The second kappa shape index (κ2) is 8.34. The van der Waals surface area contributed by atoms with Gasteiger partial charge < -0.3 is 15.2 Å². The standard InChI is InChI=1S/C18H24N6O4/c1-19-17(25)10-23-5-3-12(4-6-23)9-22(2)15-8-14-13(7-16(15)24(27)28)18(26)21-11-20-14/h7-8,11-12H,3-6,9-10H2,1-2H3,(H,19,25)(H,20,21,26). The zero-order valence-electron chi connectivity index (χ0n) is 16.0. The maximum atomic E-state index is 11.9. The second-order valence-electron chi connectivity index (χ2n) is 7.12. The lowest BCUT2D eigenvalue weighted by atomic mass is 9.96. The van der Waals surface area contributed by atoms with Gasteiger partial charge in [-0.15, -0.1) is 0 Å². The van der Waals surface area contributed by atoms with Crippen molar-refractivity contribution in [2.75, 3.05) is 45.2 Å². The van der Waals surface area contributed by atoms with Crippen molar-refractivity contribution >= 4 is 28.2 Å². The van der Waals surface area contributed by atoms with Gasteiger partial charge >= 0.3 is 0 Å². The number of fused-ring (bicyclic) bond motifs is 1. The summed E-state index contributed by atoms with van der Waals surface area (Å²) in [5.74, 6) is 0.373. The van der Waals surface area contributed by atoms with Crippen molar-refractivity contribution in [3.05, 3.63) is 38.9 Å². The van der Waals surface area contributed by atoms with E-state index in [2.05, 4.69) is 20.2 Å². The number of piperidine rings is 1. The minimum Gasteiger partial charge on any atom is -0.369 e. The summed E-state index contributed by atoms with van der Waals surface area (Å²) >= 11 is 0. The van der Waals surface area contributed by atoms with Gasteiger partial charge in [0.05, 0.1) is 28.7 Å². The van der Waals surface area contributed by atoms with Crippen LogP contribution in [0, 0.1) is 16.0 Å². The predicted molar refractivity (Wildman–Crippen MR) is 106 cm³/mol. The molecule has 0 unspecified atom stereocenters. The fourth-order valence-electron chi connectivity index (χ4n) is 3.64. The minimum absolute atomic E-state index is 0.00449. The number of nitro groups is 1. The number of nitro benzene ring substituents is 1. The first-order valence-corrected chi connectivity index (χ1v) is 9.19. The first-order chi connectivity index (χ1) is 13.4. The maximum absolute atomic E-state index is 11.9. The number of aromatic nitrogens is 2. The molecule has 1 fully saturated rings. The summed E-state index contributed by atoms with van der Waals surface area (Å²) in [7, 11) is 3.45. The number of likely N-dealkylation sites (N-methyl/N-ethyl adjacent to an activating group) is 1. The molecule has 1 saturated heterocycles. The van der Waals surface area contributed by atoms with E-state index in [-0.39, 0.29) is 17.0 Å². The van der Waals surface area contributed by atoms with E-state index in [0.29, 0.717) is 30.2 Å². The van der Waals surface area contributed by atoms with Gasteiger partial charge in [-0.2, -0.15) is 0 Å². The van der Waals surface area contributed by atoms with Crippen LogP contribution in [0.5, 0.6) is 0 Å². The van der Waals surface area contributed by atoms with Crippen molar-refractivity contribution in [2.24, 2.45) is 5.92 Å². The Bertz CT molecular complexity index is 935. The van der Waals surface area contributed by atoms with E-state index >= 15 is 0 Å². The third-order valence-electron chi connectivity index (χ3n) is 5.23. The van der Waals surface area contributed by atoms with Gasteiger partial charge in [-0.25, -0.2) is 4.98 Å². The van der Waals surface area contributed by atoms with Gasteiger partial charge in [-0.3, -0.25) is 24.6 Å². The summed E-state index contributed by atoms with van der Waals surface area (Å²) in [5.41, 5.74) is 0.372. The van der Waals surface area contributed by atoms with Crippen LogP contribution in [0.15, 0.2) is 23.3 Å². The second-order valence-corrected chi connectivity index (χ2v) is 7.12. The van der Waals surface area contributed by atoms with Crippen LogP contribution in [-0.4, -0.2) is 66.0 Å². The number of likely N-dealkylation sites (tertiary alicyclic amines) is 1. The van der Waals surface area contributed by atoms with Crippen molar-refractivity contribution in [1.82, 2.24) is 20.2 Å². The lowest BCUT2D eigenvalue weighted by Gasteiger charge is -2.33. The molecule has 10 heteroatoms. The van der Waals surface area contributed by atoms with Gasteiger partial charge in [-0.1, -0.05) is 0 Å². The molecule has 0 saturated carbocycles. The fourth-order valence-corrected chi connectivity index (χ4v) is 3.64. The molecule has 0 spiro atoms. The SMILES string of the molecule is CNC(=O)CN1CCC(CN(C)c2cc3nc[nH]c(=O)c3cc2[N+](=O)[O-])CC1. The Morgan fingerprint density at radius 1 is 1.43 bits per heavy atom. The van der Waals surface area contributed by atoms with Crippen molar-refractivity contribution in [1.29, 1.82) is 0 Å². The van der Waals surface area contributed by atoms with Crippen LogP contribution in [0.1, 0.15) is 12.8 Å². The number of hydrogen-bond acceptors (Lipinski definition) is 7. The van der Waals surface area contributed by atoms with Crippen molar-refractivity contribution < 1.29 is 9.72 Å². The number of nitrogens with one attached hydrogen (secondary N) is 2. The molecule has 1 aromatic heterocycles. The molecular formula is C18H24N6O4. The minimum atomic E-state index is -0.469. The molecule has 2 N–H and O–H groups in total. The van der Waals surface area contributed by atoms with E-state index in [1.54, 1.807) is 13.1 Å². The van der Waals surface area contributed by atoms with Crippen LogP contribution >= 0.6 is 0 Å². The lowest BCUT2D eigenvalue weighted by molar-refractivity contribution is -0.384. The zero-order valence-corrected chi connectivity index (χ0v) is 16.0. The van der Waals surface area contributed by atoms with Crippen LogP contribution in [-0.2, 0) is 4.79 Å². The van der Waals surface area contributed by atoms with Gasteiger partial charge in [0.1, 0.15) is 5.69 Å². The van der Waals surface area contributed by atoms with Crippen molar-refractivity contribution in [2.45, 2.75) is 12.8 Å². The van der Waals surface area contributed by atoms with Crippen molar-refractivity contribution in [3.63, 3.8) is 0 Å². The fraction of sp³-hybridized carbons (Fsp3) is 0.500. The average molecular weight is 388 g/mol. The topological polar surface area (TPSA) is 124 Å². The third-order valence-corrected chi connectivity index (χ3v) is 5.23. The van der Waals surface area contributed by atoms with Crippen LogP contribution in [0.25, 0.3) is 10.9 Å². The highest BCUT2D eigenvalue weighted by Crippen LogP contribution is 2.32. The number of benzene rings is 1. The first-order valence-electron chi connectivity index (χ1n) is 9.19. The molecule has 0 aliphatic carbocycles. The molecule has 2 aromatic rings. The average Bonchev–Trinajstić information content (AvgIpc) is 2.68. The first kappa shape index (κ1) is 19.7. The van der Waals surface area contributed by atoms with Crippen LogP contribution < -0.4 is 15.8 Å². The molecule has 0 atom stereocenters. The number of amides is 1. The summed E-state index contributed by atoms with van der Waals surface area (Å²) < 4.78 is 0. The lowest BCUT2D eigenvalue weighted by Crippen LogP contribution is -2.42. The van der Waals surface area contributed by atoms with E-state index in [0.717, 1.165) is 25.9 Å². The molecule has 2 heterocycles. The van der Waals surface area contributed by atoms with Crippen molar-refractivity contribution in [3.8, 4) is 0 Å². The molecule has 28 heavy (non-hydrogen) atoms. The Hall–Kier alpha value is -3.01. The summed E-state index contributed by atoms with van der Waals surface area (Å²) in [6.45, 7) is 2.70. The highest BCUT2D eigenvalue weighted by atomic mass is 16.6. The van der Waals surface area contributed by atoms with E-state index in [9.17, 15) is 19.7 Å². The Labute approximate surface area is 161 Å². The summed E-state index contributed by atoms with van der Waals surface area (Å²) in [6.07, 6.45) is 3.13. The van der Waals surface area contributed by atoms with E-state index < -0.39 is 10.5 Å². The predicted octanol–water partition coefficient (Wildman–Crippen LogP) is 0.726.